The van der Waals surface area contributed by atoms with Crippen LogP contribution in [0.2, 0.25) is 0 Å². The van der Waals surface area contributed by atoms with Crippen molar-refractivity contribution in [3.8, 4) is 0 Å². The van der Waals surface area contributed by atoms with Gasteiger partial charge in [0.2, 0.25) is 0 Å². The summed E-state index contributed by atoms with van der Waals surface area (Å²) >= 11 is 2.62. The number of hydrogen-bond donors (Lipinski definition) is 1. The average molecular weight is 307 g/mol. The fraction of sp³-hybridized carbons (Fsp3) is 1.00. The van der Waals surface area contributed by atoms with Crippen LogP contribution in [0, 0.1) is 11.8 Å². The summed E-state index contributed by atoms with van der Waals surface area (Å²) in [5.74, 6) is 2.08. The van der Waals surface area contributed by atoms with Gasteiger partial charge in [-0.1, -0.05) is 22.6 Å². The highest BCUT2D eigenvalue weighted by molar-refractivity contribution is 14.1. The quantitative estimate of drug-likeness (QED) is 0.582. The van der Waals surface area contributed by atoms with Gasteiger partial charge in [0.25, 0.3) is 0 Å². The van der Waals surface area contributed by atoms with Gasteiger partial charge in [-0.25, -0.2) is 0 Å². The zero-order valence-corrected chi connectivity index (χ0v) is 11.1. The molecule has 1 nitrogen and oxygen atoms in total. The Balaban J connectivity index is 1.78. The fourth-order valence-electron chi connectivity index (χ4n) is 3.17. The summed E-state index contributed by atoms with van der Waals surface area (Å²) in [6, 6.07) is 0.521. The maximum atomic E-state index is 5.95. The van der Waals surface area contributed by atoms with E-state index in [0.717, 1.165) is 15.8 Å². The first-order chi connectivity index (χ1) is 6.75. The van der Waals surface area contributed by atoms with Crippen LogP contribution in [0.5, 0.6) is 0 Å². The Morgan fingerprint density at radius 1 is 0.714 bits per heavy atom. The maximum absolute atomic E-state index is 5.95. The van der Waals surface area contributed by atoms with Crippen molar-refractivity contribution in [2.75, 3.05) is 0 Å². The lowest BCUT2D eigenvalue weighted by Gasteiger charge is -2.36. The Morgan fingerprint density at radius 2 is 1.14 bits per heavy atom. The minimum Gasteiger partial charge on any atom is -0.328 e. The van der Waals surface area contributed by atoms with E-state index in [4.69, 9.17) is 5.73 Å². The number of nitrogens with two attached hydrogens (primary N) is 1. The Kier molecular flexibility index (Phi) is 4.11. The van der Waals surface area contributed by atoms with Crippen LogP contribution in [0.25, 0.3) is 0 Å². The van der Waals surface area contributed by atoms with Gasteiger partial charge in [-0.05, 0) is 63.2 Å². The van der Waals surface area contributed by atoms with E-state index in [-0.39, 0.29) is 0 Å². The van der Waals surface area contributed by atoms with Gasteiger partial charge in [0, 0.05) is 9.97 Å². The van der Waals surface area contributed by atoms with Gasteiger partial charge in [-0.15, -0.1) is 0 Å². The Bertz CT molecular complexity index is 147. The van der Waals surface area contributed by atoms with Crippen molar-refractivity contribution >= 4 is 22.6 Å². The van der Waals surface area contributed by atoms with E-state index in [0.29, 0.717) is 6.04 Å². The molecule has 2 fully saturated rings. The molecule has 2 heteroatoms. The highest BCUT2D eigenvalue weighted by atomic mass is 127. The minimum absolute atomic E-state index is 0.521. The summed E-state index contributed by atoms with van der Waals surface area (Å²) < 4.78 is 0.967. The number of halogens is 1. The van der Waals surface area contributed by atoms with Crippen molar-refractivity contribution in [1.29, 1.82) is 0 Å². The van der Waals surface area contributed by atoms with Crippen molar-refractivity contribution in [1.82, 2.24) is 0 Å². The standard InChI is InChI=1S/C12H22IN/c13-11-5-1-9(2-6-11)10-3-7-12(14)8-4-10/h9-12H,1-8,14H2. The third kappa shape index (κ3) is 2.84. The van der Waals surface area contributed by atoms with E-state index in [1.54, 1.807) is 0 Å². The topological polar surface area (TPSA) is 26.0 Å². The van der Waals surface area contributed by atoms with E-state index < -0.39 is 0 Å². The summed E-state index contributed by atoms with van der Waals surface area (Å²) in [6.07, 6.45) is 11.3. The first-order valence-corrected chi connectivity index (χ1v) is 7.40. The SMILES string of the molecule is NC1CCC(C2CCC(I)CC2)CC1. The van der Waals surface area contributed by atoms with Gasteiger partial charge >= 0.3 is 0 Å². The largest absolute Gasteiger partial charge is 0.328 e. The molecule has 2 rings (SSSR count). The summed E-state index contributed by atoms with van der Waals surface area (Å²) in [4.78, 5) is 0. The third-order valence-corrected chi connectivity index (χ3v) is 5.43. The molecule has 2 aliphatic carbocycles. The van der Waals surface area contributed by atoms with Crippen LogP contribution in [0.15, 0.2) is 0 Å². The van der Waals surface area contributed by atoms with Gasteiger partial charge in [-0.2, -0.15) is 0 Å². The first kappa shape index (κ1) is 11.2. The van der Waals surface area contributed by atoms with Gasteiger partial charge in [0.15, 0.2) is 0 Å². The second kappa shape index (κ2) is 5.15. The lowest BCUT2D eigenvalue weighted by atomic mass is 9.72. The molecule has 2 saturated carbocycles. The molecule has 0 atom stereocenters. The number of rotatable bonds is 1. The van der Waals surface area contributed by atoms with Crippen molar-refractivity contribution in [2.45, 2.75) is 61.3 Å². The van der Waals surface area contributed by atoms with E-state index in [1.165, 1.54) is 51.4 Å². The van der Waals surface area contributed by atoms with Gasteiger partial charge < -0.3 is 5.73 Å². The predicted molar refractivity (Wildman–Crippen MR) is 69.7 cm³/mol. The van der Waals surface area contributed by atoms with Crippen molar-refractivity contribution in [3.05, 3.63) is 0 Å². The Hall–Kier alpha value is 0.690. The Labute approximate surface area is 101 Å². The highest BCUT2D eigenvalue weighted by Crippen LogP contribution is 2.39. The molecule has 0 aromatic heterocycles. The average Bonchev–Trinajstić information content (AvgIpc) is 2.21. The van der Waals surface area contributed by atoms with Crippen molar-refractivity contribution in [3.63, 3.8) is 0 Å². The molecule has 0 aromatic rings. The molecule has 2 N–H and O–H groups in total. The minimum atomic E-state index is 0.521. The number of alkyl halides is 1. The zero-order chi connectivity index (χ0) is 9.97. The van der Waals surface area contributed by atoms with Gasteiger partial charge in [-0.3, -0.25) is 0 Å². The van der Waals surface area contributed by atoms with Crippen molar-refractivity contribution in [2.24, 2.45) is 17.6 Å². The van der Waals surface area contributed by atoms with Crippen LogP contribution >= 0.6 is 22.6 Å². The molecule has 82 valence electrons. The maximum Gasteiger partial charge on any atom is 0.0110 e. The first-order valence-electron chi connectivity index (χ1n) is 6.15. The third-order valence-electron chi connectivity index (χ3n) is 4.18. The summed E-state index contributed by atoms with van der Waals surface area (Å²) in [7, 11) is 0. The van der Waals surface area contributed by atoms with E-state index in [9.17, 15) is 0 Å². The fourth-order valence-corrected chi connectivity index (χ4v) is 3.89. The van der Waals surface area contributed by atoms with Gasteiger partial charge in [0.1, 0.15) is 0 Å². The predicted octanol–water partition coefficient (Wildman–Crippen LogP) is 3.50. The monoisotopic (exact) mass is 307 g/mol. The molecule has 0 saturated heterocycles. The summed E-state index contributed by atoms with van der Waals surface area (Å²) in [5, 5.41) is 0. The van der Waals surface area contributed by atoms with E-state index in [1.807, 2.05) is 0 Å². The molecule has 0 radical (unpaired) electrons. The molecular weight excluding hydrogens is 285 g/mol. The second-order valence-corrected chi connectivity index (χ2v) is 6.95. The smallest absolute Gasteiger partial charge is 0.0110 e. The zero-order valence-electron chi connectivity index (χ0n) is 8.92. The lowest BCUT2D eigenvalue weighted by Crippen LogP contribution is -2.31. The molecular formula is C12H22IN. The summed E-state index contributed by atoms with van der Waals surface area (Å²) in [6.45, 7) is 0. The molecule has 14 heavy (non-hydrogen) atoms. The van der Waals surface area contributed by atoms with Crippen LogP contribution in [0.3, 0.4) is 0 Å². The van der Waals surface area contributed by atoms with E-state index in [2.05, 4.69) is 22.6 Å². The van der Waals surface area contributed by atoms with Gasteiger partial charge in [0.05, 0.1) is 0 Å². The molecule has 0 bridgehead atoms. The summed E-state index contributed by atoms with van der Waals surface area (Å²) in [5.41, 5.74) is 5.95. The molecule has 0 heterocycles. The van der Waals surface area contributed by atoms with Crippen LogP contribution in [-0.2, 0) is 0 Å². The normalized spacial score (nSPS) is 45.0. The Morgan fingerprint density at radius 3 is 1.64 bits per heavy atom. The van der Waals surface area contributed by atoms with Crippen LogP contribution in [-0.4, -0.2) is 9.97 Å². The second-order valence-electron chi connectivity index (χ2n) is 5.19. The number of hydrogen-bond acceptors (Lipinski definition) is 1. The van der Waals surface area contributed by atoms with Crippen LogP contribution in [0.4, 0.5) is 0 Å². The van der Waals surface area contributed by atoms with E-state index >= 15 is 0 Å². The highest BCUT2D eigenvalue weighted by Gasteiger charge is 2.29. The molecule has 0 amide bonds. The van der Waals surface area contributed by atoms with Crippen LogP contribution in [0.1, 0.15) is 51.4 Å². The van der Waals surface area contributed by atoms with Crippen LogP contribution < -0.4 is 5.73 Å². The molecule has 0 aromatic carbocycles. The molecule has 0 unspecified atom stereocenters. The lowest BCUT2D eigenvalue weighted by molar-refractivity contribution is 0.190. The molecule has 0 aliphatic heterocycles. The van der Waals surface area contributed by atoms with Crippen molar-refractivity contribution < 1.29 is 0 Å². The molecule has 0 spiro atoms. The molecule has 2 aliphatic rings.